The lowest BCUT2D eigenvalue weighted by Gasteiger charge is -2.11. The van der Waals surface area contributed by atoms with E-state index in [1.54, 1.807) is 7.11 Å². The van der Waals surface area contributed by atoms with E-state index in [0.29, 0.717) is 11.6 Å². The van der Waals surface area contributed by atoms with Crippen LogP contribution in [0.1, 0.15) is 11.1 Å². The minimum atomic E-state index is 0.393. The van der Waals surface area contributed by atoms with Crippen LogP contribution in [0.2, 0.25) is 0 Å². The third-order valence-electron chi connectivity index (χ3n) is 2.84. The summed E-state index contributed by atoms with van der Waals surface area (Å²) in [5.41, 5.74) is 7.45. The molecule has 0 aliphatic rings. The van der Waals surface area contributed by atoms with Gasteiger partial charge in [-0.3, -0.25) is 0 Å². The molecular formula is C15H13Br2NO2S. The molecule has 0 aliphatic heterocycles. The van der Waals surface area contributed by atoms with Crippen molar-refractivity contribution < 1.29 is 9.47 Å². The fourth-order valence-electron chi connectivity index (χ4n) is 1.70. The van der Waals surface area contributed by atoms with Gasteiger partial charge in [-0.1, -0.05) is 36.5 Å². The summed E-state index contributed by atoms with van der Waals surface area (Å²) in [4.78, 5) is 0.393. The Balaban J connectivity index is 2.09. The van der Waals surface area contributed by atoms with Crippen molar-refractivity contribution in [2.75, 3.05) is 7.11 Å². The fraction of sp³-hybridized carbons (Fsp3) is 0.133. The zero-order chi connectivity index (χ0) is 15.4. The van der Waals surface area contributed by atoms with E-state index in [2.05, 4.69) is 31.9 Å². The van der Waals surface area contributed by atoms with E-state index in [1.165, 1.54) is 0 Å². The maximum Gasteiger partial charge on any atom is 0.135 e. The number of hydrogen-bond donors (Lipinski definition) is 1. The largest absolute Gasteiger partial charge is 0.496 e. The normalized spacial score (nSPS) is 10.2. The summed E-state index contributed by atoms with van der Waals surface area (Å²) in [6.45, 7) is 0.453. The molecule has 0 atom stereocenters. The van der Waals surface area contributed by atoms with Crippen molar-refractivity contribution >= 4 is 49.1 Å². The number of rotatable bonds is 5. The standard InChI is InChI=1S/C15H13Br2NO2S/c1-19-13-6-12(17)14(7-11(13)16)20-8-9-2-4-10(5-3-9)15(18)21/h2-7H,8H2,1H3,(H2,18,21). The van der Waals surface area contributed by atoms with E-state index in [-0.39, 0.29) is 0 Å². The van der Waals surface area contributed by atoms with Crippen LogP contribution in [0.3, 0.4) is 0 Å². The Labute approximate surface area is 145 Å². The molecular weight excluding hydrogens is 418 g/mol. The van der Waals surface area contributed by atoms with Gasteiger partial charge in [0.15, 0.2) is 0 Å². The monoisotopic (exact) mass is 429 g/mol. The molecule has 21 heavy (non-hydrogen) atoms. The molecule has 0 unspecified atom stereocenters. The molecule has 0 heterocycles. The zero-order valence-electron chi connectivity index (χ0n) is 11.2. The van der Waals surface area contributed by atoms with Crippen LogP contribution in [-0.4, -0.2) is 12.1 Å². The predicted octanol–water partition coefficient (Wildman–Crippen LogP) is 4.43. The van der Waals surface area contributed by atoms with E-state index in [1.807, 2.05) is 36.4 Å². The summed E-state index contributed by atoms with van der Waals surface area (Å²) in [5.74, 6) is 1.48. The van der Waals surface area contributed by atoms with Crippen LogP contribution in [0.4, 0.5) is 0 Å². The van der Waals surface area contributed by atoms with Crippen molar-refractivity contribution in [3.63, 3.8) is 0 Å². The molecule has 2 rings (SSSR count). The van der Waals surface area contributed by atoms with Gasteiger partial charge in [0.25, 0.3) is 0 Å². The minimum Gasteiger partial charge on any atom is -0.496 e. The summed E-state index contributed by atoms with van der Waals surface area (Å²) < 4.78 is 12.7. The average molecular weight is 431 g/mol. The second-order valence-corrected chi connectivity index (χ2v) is 6.42. The SMILES string of the molecule is COc1cc(Br)c(OCc2ccc(C(N)=S)cc2)cc1Br. The predicted molar refractivity (Wildman–Crippen MR) is 95.1 cm³/mol. The van der Waals surface area contributed by atoms with Crippen LogP contribution >= 0.6 is 44.1 Å². The molecule has 0 fully saturated rings. The fourth-order valence-corrected chi connectivity index (χ4v) is 2.76. The van der Waals surface area contributed by atoms with Crippen LogP contribution in [0.25, 0.3) is 0 Å². The van der Waals surface area contributed by atoms with E-state index >= 15 is 0 Å². The Hall–Kier alpha value is -1.11. The third kappa shape index (κ3) is 4.18. The quantitative estimate of drug-likeness (QED) is 0.712. The molecule has 110 valence electrons. The molecule has 2 N–H and O–H groups in total. The number of hydrogen-bond acceptors (Lipinski definition) is 3. The Kier molecular flexibility index (Phi) is 5.61. The lowest BCUT2D eigenvalue weighted by atomic mass is 10.1. The van der Waals surface area contributed by atoms with Crippen LogP contribution < -0.4 is 15.2 Å². The Morgan fingerprint density at radius 3 is 2.24 bits per heavy atom. The summed E-state index contributed by atoms with van der Waals surface area (Å²) in [6, 6.07) is 11.4. The lowest BCUT2D eigenvalue weighted by molar-refractivity contribution is 0.303. The highest BCUT2D eigenvalue weighted by Gasteiger charge is 2.08. The van der Waals surface area contributed by atoms with Crippen molar-refractivity contribution in [1.82, 2.24) is 0 Å². The van der Waals surface area contributed by atoms with Gasteiger partial charge in [-0.25, -0.2) is 0 Å². The average Bonchev–Trinajstić information content (AvgIpc) is 2.48. The first-order valence-electron chi connectivity index (χ1n) is 6.06. The summed E-state index contributed by atoms with van der Waals surface area (Å²) in [6.07, 6.45) is 0. The van der Waals surface area contributed by atoms with Gasteiger partial charge in [-0.2, -0.15) is 0 Å². The second-order valence-electron chi connectivity index (χ2n) is 4.27. The van der Waals surface area contributed by atoms with Crippen molar-refractivity contribution in [2.24, 2.45) is 5.73 Å². The smallest absolute Gasteiger partial charge is 0.135 e. The van der Waals surface area contributed by atoms with E-state index in [0.717, 1.165) is 31.6 Å². The van der Waals surface area contributed by atoms with Gasteiger partial charge in [0.1, 0.15) is 23.1 Å². The first-order chi connectivity index (χ1) is 10.0. The van der Waals surface area contributed by atoms with Crippen molar-refractivity contribution in [3.8, 4) is 11.5 Å². The second kappa shape index (κ2) is 7.24. The number of halogens is 2. The van der Waals surface area contributed by atoms with Crippen LogP contribution in [0.15, 0.2) is 45.3 Å². The van der Waals surface area contributed by atoms with Crippen LogP contribution in [0.5, 0.6) is 11.5 Å². The highest BCUT2D eigenvalue weighted by atomic mass is 79.9. The molecule has 0 spiro atoms. The molecule has 2 aromatic carbocycles. The molecule has 2 aromatic rings. The number of methoxy groups -OCH3 is 1. The number of nitrogens with two attached hydrogens (primary N) is 1. The Bertz CT molecular complexity index is 659. The van der Waals surface area contributed by atoms with E-state index in [9.17, 15) is 0 Å². The van der Waals surface area contributed by atoms with Gasteiger partial charge in [0, 0.05) is 5.56 Å². The van der Waals surface area contributed by atoms with Crippen molar-refractivity contribution in [1.29, 1.82) is 0 Å². The topological polar surface area (TPSA) is 44.5 Å². The highest BCUT2D eigenvalue weighted by Crippen LogP contribution is 2.36. The van der Waals surface area contributed by atoms with Crippen LogP contribution in [0, 0.1) is 0 Å². The zero-order valence-corrected chi connectivity index (χ0v) is 15.2. The Morgan fingerprint density at radius 1 is 1.10 bits per heavy atom. The maximum atomic E-state index is 5.81. The molecule has 0 bridgehead atoms. The molecule has 0 aromatic heterocycles. The number of benzene rings is 2. The molecule has 0 saturated heterocycles. The maximum absolute atomic E-state index is 5.81. The van der Waals surface area contributed by atoms with Gasteiger partial charge in [0.05, 0.1) is 16.1 Å². The van der Waals surface area contributed by atoms with Gasteiger partial charge < -0.3 is 15.2 Å². The summed E-state index contributed by atoms with van der Waals surface area (Å²) in [5, 5.41) is 0. The summed E-state index contributed by atoms with van der Waals surface area (Å²) in [7, 11) is 1.62. The molecule has 6 heteroatoms. The van der Waals surface area contributed by atoms with Crippen molar-refractivity contribution in [3.05, 3.63) is 56.5 Å². The van der Waals surface area contributed by atoms with Gasteiger partial charge in [-0.05, 0) is 49.6 Å². The highest BCUT2D eigenvalue weighted by molar-refractivity contribution is 9.11. The lowest BCUT2D eigenvalue weighted by Crippen LogP contribution is -2.09. The van der Waals surface area contributed by atoms with Crippen molar-refractivity contribution in [2.45, 2.75) is 6.61 Å². The van der Waals surface area contributed by atoms with Gasteiger partial charge in [-0.15, -0.1) is 0 Å². The molecule has 0 saturated carbocycles. The molecule has 0 aliphatic carbocycles. The number of ether oxygens (including phenoxy) is 2. The van der Waals surface area contributed by atoms with E-state index < -0.39 is 0 Å². The van der Waals surface area contributed by atoms with E-state index in [4.69, 9.17) is 27.4 Å². The minimum absolute atomic E-state index is 0.393. The first-order valence-corrected chi connectivity index (χ1v) is 8.05. The van der Waals surface area contributed by atoms with Gasteiger partial charge in [0.2, 0.25) is 0 Å². The molecule has 0 radical (unpaired) electrons. The number of thiocarbonyl (C=S) groups is 1. The molecule has 0 amide bonds. The Morgan fingerprint density at radius 2 is 1.67 bits per heavy atom. The third-order valence-corrected chi connectivity index (χ3v) is 4.31. The molecule has 3 nitrogen and oxygen atoms in total. The first kappa shape index (κ1) is 16.3. The van der Waals surface area contributed by atoms with Crippen LogP contribution in [-0.2, 0) is 6.61 Å². The van der Waals surface area contributed by atoms with Gasteiger partial charge >= 0.3 is 0 Å². The summed E-state index contributed by atoms with van der Waals surface area (Å²) >= 11 is 11.8.